The van der Waals surface area contributed by atoms with Gasteiger partial charge in [0.1, 0.15) is 23.9 Å². The number of benzene rings is 2. The second-order valence-corrected chi connectivity index (χ2v) is 8.39. The maximum Gasteiger partial charge on any atom is 0.264 e. The monoisotopic (exact) mass is 440 g/mol. The zero-order valence-corrected chi connectivity index (χ0v) is 18.2. The van der Waals surface area contributed by atoms with Gasteiger partial charge in [-0.2, -0.15) is 0 Å². The molecule has 1 aliphatic heterocycles. The second kappa shape index (κ2) is 9.94. The number of hydrogen-bond acceptors (Lipinski definition) is 5. The van der Waals surface area contributed by atoms with Crippen molar-refractivity contribution in [3.8, 4) is 11.5 Å². The van der Waals surface area contributed by atoms with Crippen LogP contribution in [-0.2, 0) is 13.2 Å². The second-order valence-electron chi connectivity index (χ2n) is 7.48. The minimum absolute atomic E-state index is 0.0686. The predicted molar refractivity (Wildman–Crippen MR) is 119 cm³/mol. The minimum atomic E-state index is -0.292. The van der Waals surface area contributed by atoms with Gasteiger partial charge in [0.05, 0.1) is 12.0 Å². The van der Waals surface area contributed by atoms with Crippen LogP contribution in [0.2, 0.25) is 0 Å². The molecule has 0 radical (unpaired) electrons. The van der Waals surface area contributed by atoms with Crippen molar-refractivity contribution in [3.05, 3.63) is 81.8 Å². The summed E-state index contributed by atoms with van der Waals surface area (Å²) >= 11 is 1.44. The van der Waals surface area contributed by atoms with Crippen LogP contribution in [0.5, 0.6) is 11.5 Å². The third-order valence-corrected chi connectivity index (χ3v) is 6.25. The fraction of sp³-hybridized carbons (Fsp3) is 0.292. The molecule has 1 fully saturated rings. The molecule has 1 aromatic heterocycles. The molecule has 0 saturated carbocycles. The van der Waals surface area contributed by atoms with Gasteiger partial charge in [-0.25, -0.2) is 4.39 Å². The van der Waals surface area contributed by atoms with Gasteiger partial charge >= 0.3 is 0 Å². The summed E-state index contributed by atoms with van der Waals surface area (Å²) in [4.78, 5) is 17.9. The lowest BCUT2D eigenvalue weighted by Gasteiger charge is -2.34. The van der Waals surface area contributed by atoms with Crippen LogP contribution in [0.25, 0.3) is 0 Å². The lowest BCUT2D eigenvalue weighted by molar-refractivity contribution is 0.0633. The summed E-state index contributed by atoms with van der Waals surface area (Å²) in [5.74, 6) is 1.24. The summed E-state index contributed by atoms with van der Waals surface area (Å²) in [5.41, 5.74) is 2.15. The van der Waals surface area contributed by atoms with Gasteiger partial charge in [0.2, 0.25) is 0 Å². The van der Waals surface area contributed by atoms with E-state index in [-0.39, 0.29) is 11.7 Å². The van der Waals surface area contributed by atoms with Crippen LogP contribution in [0.15, 0.2) is 60.0 Å². The van der Waals surface area contributed by atoms with Gasteiger partial charge in [-0.3, -0.25) is 9.69 Å². The molecule has 3 aromatic rings. The lowest BCUT2D eigenvalue weighted by Crippen LogP contribution is -2.48. The number of carbonyl (C=O) groups is 1. The highest BCUT2D eigenvalue weighted by Gasteiger charge is 2.23. The molecule has 4 rings (SSSR count). The van der Waals surface area contributed by atoms with Crippen molar-refractivity contribution in [2.24, 2.45) is 0 Å². The molecule has 0 spiro atoms. The normalized spacial score (nSPS) is 14.5. The third-order valence-electron chi connectivity index (χ3n) is 5.28. The molecule has 5 nitrogen and oxygen atoms in total. The van der Waals surface area contributed by atoms with E-state index in [0.29, 0.717) is 25.4 Å². The zero-order chi connectivity index (χ0) is 21.6. The van der Waals surface area contributed by atoms with Crippen LogP contribution in [0.4, 0.5) is 4.39 Å². The van der Waals surface area contributed by atoms with Gasteiger partial charge in [-0.15, -0.1) is 11.3 Å². The number of piperazine rings is 1. The number of ether oxygens (including phenoxy) is 2. The molecule has 0 N–H and O–H groups in total. The maximum absolute atomic E-state index is 13.0. The average molecular weight is 441 g/mol. The first-order valence-corrected chi connectivity index (χ1v) is 11.1. The number of nitrogens with zero attached hydrogens (tertiary/aromatic N) is 2. The van der Waals surface area contributed by atoms with Crippen molar-refractivity contribution in [2.75, 3.05) is 33.3 Å². The Balaban J connectivity index is 1.27. The Kier molecular flexibility index (Phi) is 6.84. The van der Waals surface area contributed by atoms with Crippen LogP contribution in [-0.4, -0.2) is 49.0 Å². The molecule has 2 heterocycles. The predicted octanol–water partition coefficient (Wildman–Crippen LogP) is 4.43. The Hall–Kier alpha value is -2.90. The summed E-state index contributed by atoms with van der Waals surface area (Å²) in [7, 11) is 1.68. The molecular weight excluding hydrogens is 415 g/mol. The smallest absolute Gasteiger partial charge is 0.264 e. The number of carbonyl (C=O) groups excluding carboxylic acids is 1. The molecule has 1 aliphatic rings. The summed E-state index contributed by atoms with van der Waals surface area (Å²) in [6.07, 6.45) is 0. The largest absolute Gasteiger partial charge is 0.497 e. The van der Waals surface area contributed by atoms with Gasteiger partial charge in [0.25, 0.3) is 5.91 Å². The molecule has 162 valence electrons. The van der Waals surface area contributed by atoms with Crippen molar-refractivity contribution in [2.45, 2.75) is 13.2 Å². The zero-order valence-electron chi connectivity index (χ0n) is 17.4. The van der Waals surface area contributed by atoms with E-state index in [1.807, 2.05) is 28.5 Å². The maximum atomic E-state index is 13.0. The van der Waals surface area contributed by atoms with Crippen LogP contribution in [0, 0.1) is 5.82 Å². The van der Waals surface area contributed by atoms with Gasteiger partial charge in [0.15, 0.2) is 0 Å². The Morgan fingerprint density at radius 2 is 1.77 bits per heavy atom. The van der Waals surface area contributed by atoms with Gasteiger partial charge in [0, 0.05) is 38.3 Å². The van der Waals surface area contributed by atoms with Gasteiger partial charge < -0.3 is 14.4 Å². The first kappa shape index (κ1) is 21.3. The van der Waals surface area contributed by atoms with E-state index < -0.39 is 0 Å². The summed E-state index contributed by atoms with van der Waals surface area (Å²) < 4.78 is 23.9. The lowest BCUT2D eigenvalue weighted by atomic mass is 10.2. The number of rotatable bonds is 7. The van der Waals surface area contributed by atoms with Crippen molar-refractivity contribution in [1.29, 1.82) is 0 Å². The Labute approximate surface area is 185 Å². The quantitative estimate of drug-likeness (QED) is 0.545. The molecule has 7 heteroatoms. The first-order chi connectivity index (χ1) is 15.1. The Morgan fingerprint density at radius 3 is 2.52 bits per heavy atom. The topological polar surface area (TPSA) is 42.0 Å². The molecule has 2 aromatic carbocycles. The van der Waals surface area contributed by atoms with E-state index in [0.717, 1.165) is 35.8 Å². The summed E-state index contributed by atoms with van der Waals surface area (Å²) in [6, 6.07) is 15.9. The number of halogens is 1. The van der Waals surface area contributed by atoms with Crippen LogP contribution < -0.4 is 9.47 Å². The van der Waals surface area contributed by atoms with Gasteiger partial charge in [-0.05, 0) is 53.4 Å². The van der Waals surface area contributed by atoms with Crippen LogP contribution in [0.1, 0.15) is 20.8 Å². The van der Waals surface area contributed by atoms with E-state index in [9.17, 15) is 9.18 Å². The van der Waals surface area contributed by atoms with Crippen LogP contribution in [0.3, 0.4) is 0 Å². The summed E-state index contributed by atoms with van der Waals surface area (Å²) in [5, 5.41) is 1.94. The van der Waals surface area contributed by atoms with Crippen molar-refractivity contribution in [3.63, 3.8) is 0 Å². The SMILES string of the molecule is COc1cccc(CN2CCN(C(=O)c3cc(COc4ccc(F)cc4)cs3)CC2)c1. The van der Waals surface area contributed by atoms with E-state index >= 15 is 0 Å². The Morgan fingerprint density at radius 1 is 1.00 bits per heavy atom. The third kappa shape index (κ3) is 5.62. The van der Waals surface area contributed by atoms with Crippen molar-refractivity contribution < 1.29 is 18.7 Å². The molecule has 0 atom stereocenters. The van der Waals surface area contributed by atoms with E-state index in [1.54, 1.807) is 19.2 Å². The van der Waals surface area contributed by atoms with Gasteiger partial charge in [-0.1, -0.05) is 12.1 Å². The Bertz CT molecular complexity index is 1010. The highest BCUT2D eigenvalue weighted by atomic mass is 32.1. The van der Waals surface area contributed by atoms with Crippen molar-refractivity contribution >= 4 is 17.2 Å². The molecule has 0 bridgehead atoms. The molecule has 0 unspecified atom stereocenters. The molecular formula is C24H25FN2O3S. The minimum Gasteiger partial charge on any atom is -0.497 e. The molecule has 31 heavy (non-hydrogen) atoms. The highest BCUT2D eigenvalue weighted by molar-refractivity contribution is 7.12. The molecule has 1 amide bonds. The van der Waals surface area contributed by atoms with Crippen LogP contribution >= 0.6 is 11.3 Å². The number of amides is 1. The number of thiophene rings is 1. The van der Waals surface area contributed by atoms with E-state index in [2.05, 4.69) is 17.0 Å². The average Bonchev–Trinajstić information content (AvgIpc) is 3.28. The first-order valence-electron chi connectivity index (χ1n) is 10.2. The highest BCUT2D eigenvalue weighted by Crippen LogP contribution is 2.21. The standard InChI is InChI=1S/C24H25FN2O3S/c1-29-22-4-2-3-18(13-22)15-26-9-11-27(12-10-26)24(28)23-14-19(17-31-23)16-30-21-7-5-20(25)6-8-21/h2-8,13-14,17H,9-12,15-16H2,1H3. The van der Waals surface area contributed by atoms with E-state index in [4.69, 9.17) is 9.47 Å². The number of hydrogen-bond donors (Lipinski definition) is 0. The van der Waals surface area contributed by atoms with Crippen molar-refractivity contribution in [1.82, 2.24) is 9.80 Å². The van der Waals surface area contributed by atoms with E-state index in [1.165, 1.54) is 29.0 Å². The molecule has 0 aliphatic carbocycles. The number of methoxy groups -OCH3 is 1. The fourth-order valence-corrected chi connectivity index (χ4v) is 4.42. The molecule has 1 saturated heterocycles. The fourth-order valence-electron chi connectivity index (χ4n) is 3.55. The summed E-state index contributed by atoms with van der Waals surface area (Å²) in [6.45, 7) is 4.31.